The first-order valence-electron chi connectivity index (χ1n) is 7.17. The van der Waals surface area contributed by atoms with Gasteiger partial charge in [-0.15, -0.1) is 0 Å². The van der Waals surface area contributed by atoms with Gasteiger partial charge in [0, 0.05) is 6.07 Å². The van der Waals surface area contributed by atoms with Crippen molar-refractivity contribution in [3.05, 3.63) is 63.2 Å². The van der Waals surface area contributed by atoms with Crippen molar-refractivity contribution in [2.75, 3.05) is 7.11 Å². The molecule has 0 radical (unpaired) electrons. The summed E-state index contributed by atoms with van der Waals surface area (Å²) in [7, 11) is 1.53. The Labute approximate surface area is 138 Å². The second kappa shape index (κ2) is 6.99. The molecule has 0 bridgehead atoms. The number of rotatable bonds is 6. The van der Waals surface area contributed by atoms with E-state index in [1.807, 2.05) is 0 Å². The third-order valence-corrected chi connectivity index (χ3v) is 3.83. The monoisotopic (exact) mass is 331 g/mol. The molecule has 0 saturated carbocycles. The van der Waals surface area contributed by atoms with E-state index in [1.54, 1.807) is 25.1 Å². The van der Waals surface area contributed by atoms with E-state index >= 15 is 0 Å². The number of phenolic OH excluding ortho intramolecular Hbond substituents is 1. The van der Waals surface area contributed by atoms with Crippen LogP contribution >= 0.6 is 0 Å². The summed E-state index contributed by atoms with van der Waals surface area (Å²) < 4.78 is 5.11. The summed E-state index contributed by atoms with van der Waals surface area (Å²) >= 11 is 0. The van der Waals surface area contributed by atoms with Crippen molar-refractivity contribution in [3.63, 3.8) is 0 Å². The zero-order valence-electron chi connectivity index (χ0n) is 13.2. The summed E-state index contributed by atoms with van der Waals surface area (Å²) in [6.07, 6.45) is 0.0730. The number of carboxylic acids is 1. The lowest BCUT2D eigenvalue weighted by Crippen LogP contribution is -2.15. The van der Waals surface area contributed by atoms with E-state index in [0.717, 1.165) is 5.56 Å². The number of carboxylic acid groups (broad SMARTS) is 1. The van der Waals surface area contributed by atoms with Crippen LogP contribution in [-0.2, 0) is 11.2 Å². The molecule has 0 aliphatic rings. The molecule has 7 heteroatoms. The lowest BCUT2D eigenvalue weighted by atomic mass is 9.89. The molecule has 0 amide bonds. The number of hydrogen-bond acceptors (Lipinski definition) is 5. The van der Waals surface area contributed by atoms with E-state index in [1.165, 1.54) is 25.3 Å². The van der Waals surface area contributed by atoms with Gasteiger partial charge in [0.1, 0.15) is 5.75 Å². The van der Waals surface area contributed by atoms with Crippen molar-refractivity contribution in [1.82, 2.24) is 0 Å². The predicted octanol–water partition coefficient (Wildman–Crippen LogP) is 3.03. The van der Waals surface area contributed by atoms with E-state index in [9.17, 15) is 25.1 Å². The van der Waals surface area contributed by atoms with Crippen LogP contribution in [0.3, 0.4) is 0 Å². The number of methoxy groups -OCH3 is 1. The van der Waals surface area contributed by atoms with E-state index in [-0.39, 0.29) is 6.42 Å². The number of nitro benzene ring substituents is 1. The predicted molar refractivity (Wildman–Crippen MR) is 86.6 cm³/mol. The minimum Gasteiger partial charge on any atom is -0.502 e. The van der Waals surface area contributed by atoms with Crippen LogP contribution < -0.4 is 4.74 Å². The summed E-state index contributed by atoms with van der Waals surface area (Å²) in [5.74, 6) is -1.71. The standard InChI is InChI=1S/C17H17NO6/c1-10-7-12(24-2)4-5-13(10)14(17(20)21)8-11-3-6-16(19)15(9-11)18(22)23/h3-7,9,14,19H,8H2,1-2H3,(H,20,21). The summed E-state index contributed by atoms with van der Waals surface area (Å²) in [6.45, 7) is 1.78. The highest BCUT2D eigenvalue weighted by Gasteiger charge is 2.24. The van der Waals surface area contributed by atoms with Gasteiger partial charge in [0.05, 0.1) is 18.0 Å². The van der Waals surface area contributed by atoms with E-state index in [0.29, 0.717) is 16.9 Å². The molecule has 0 saturated heterocycles. The number of benzene rings is 2. The Balaban J connectivity index is 2.38. The number of hydrogen-bond donors (Lipinski definition) is 2. The molecule has 0 fully saturated rings. The Kier molecular flexibility index (Phi) is 5.03. The topological polar surface area (TPSA) is 110 Å². The van der Waals surface area contributed by atoms with E-state index in [4.69, 9.17) is 4.74 Å². The zero-order chi connectivity index (χ0) is 17.9. The maximum Gasteiger partial charge on any atom is 0.311 e. The van der Waals surface area contributed by atoms with Crippen LogP contribution in [0.4, 0.5) is 5.69 Å². The first kappa shape index (κ1) is 17.3. The van der Waals surface area contributed by atoms with Gasteiger partial charge in [0.25, 0.3) is 0 Å². The maximum atomic E-state index is 11.7. The Morgan fingerprint density at radius 1 is 1.29 bits per heavy atom. The molecule has 1 atom stereocenters. The van der Waals surface area contributed by atoms with E-state index in [2.05, 4.69) is 0 Å². The van der Waals surface area contributed by atoms with Crippen molar-refractivity contribution in [3.8, 4) is 11.5 Å². The SMILES string of the molecule is COc1ccc(C(Cc2ccc(O)c([N+](=O)[O-])c2)C(=O)O)c(C)c1. The third kappa shape index (κ3) is 3.62. The molecule has 1 unspecified atom stereocenters. The van der Waals surface area contributed by atoms with Gasteiger partial charge in [-0.3, -0.25) is 14.9 Å². The lowest BCUT2D eigenvalue weighted by Gasteiger charge is -2.16. The second-order valence-electron chi connectivity index (χ2n) is 5.40. The number of aryl methyl sites for hydroxylation is 1. The fraction of sp³-hybridized carbons (Fsp3) is 0.235. The molecule has 2 N–H and O–H groups in total. The number of aromatic hydroxyl groups is 1. The first-order chi connectivity index (χ1) is 11.3. The van der Waals surface area contributed by atoms with Crippen molar-refractivity contribution >= 4 is 11.7 Å². The molecular formula is C17H17NO6. The lowest BCUT2D eigenvalue weighted by molar-refractivity contribution is -0.385. The highest BCUT2D eigenvalue weighted by atomic mass is 16.6. The van der Waals surface area contributed by atoms with Crippen LogP contribution in [0.1, 0.15) is 22.6 Å². The molecule has 0 spiro atoms. The normalized spacial score (nSPS) is 11.8. The van der Waals surface area contributed by atoms with Crippen LogP contribution in [0.15, 0.2) is 36.4 Å². The number of aliphatic carboxylic acids is 1. The quantitative estimate of drug-likeness (QED) is 0.622. The smallest absolute Gasteiger partial charge is 0.311 e. The van der Waals surface area contributed by atoms with Gasteiger partial charge in [-0.05, 0) is 48.2 Å². The fourth-order valence-electron chi connectivity index (χ4n) is 2.57. The van der Waals surface area contributed by atoms with Crippen molar-refractivity contribution in [2.24, 2.45) is 0 Å². The second-order valence-corrected chi connectivity index (χ2v) is 5.40. The van der Waals surface area contributed by atoms with Gasteiger partial charge in [0.15, 0.2) is 5.75 Å². The van der Waals surface area contributed by atoms with Gasteiger partial charge in [-0.1, -0.05) is 12.1 Å². The molecule has 2 aromatic carbocycles. The Hall–Kier alpha value is -3.09. The largest absolute Gasteiger partial charge is 0.502 e. The van der Waals surface area contributed by atoms with Crippen LogP contribution in [0.2, 0.25) is 0 Å². The number of phenols is 1. The van der Waals surface area contributed by atoms with Crippen LogP contribution in [0.25, 0.3) is 0 Å². The van der Waals surface area contributed by atoms with Crippen molar-refractivity contribution < 1.29 is 24.7 Å². The summed E-state index contributed by atoms with van der Waals surface area (Å²) in [5.41, 5.74) is 1.39. The van der Waals surface area contributed by atoms with Crippen LogP contribution in [0.5, 0.6) is 11.5 Å². The molecule has 2 rings (SSSR count). The average molecular weight is 331 g/mol. The molecule has 126 valence electrons. The maximum absolute atomic E-state index is 11.7. The molecule has 24 heavy (non-hydrogen) atoms. The molecular weight excluding hydrogens is 314 g/mol. The molecule has 0 aromatic heterocycles. The van der Waals surface area contributed by atoms with Crippen molar-refractivity contribution in [2.45, 2.75) is 19.3 Å². The number of nitrogens with zero attached hydrogens (tertiary/aromatic N) is 1. The third-order valence-electron chi connectivity index (χ3n) is 3.83. The van der Waals surface area contributed by atoms with Gasteiger partial charge in [0.2, 0.25) is 0 Å². The van der Waals surface area contributed by atoms with Gasteiger partial charge in [-0.25, -0.2) is 0 Å². The average Bonchev–Trinajstić information content (AvgIpc) is 2.53. The first-order valence-corrected chi connectivity index (χ1v) is 7.17. The fourth-order valence-corrected chi connectivity index (χ4v) is 2.57. The minimum absolute atomic E-state index is 0.0730. The zero-order valence-corrected chi connectivity index (χ0v) is 13.2. The number of ether oxygens (including phenoxy) is 1. The molecule has 0 heterocycles. The Bertz CT molecular complexity index is 787. The van der Waals surface area contributed by atoms with Gasteiger partial charge < -0.3 is 14.9 Å². The van der Waals surface area contributed by atoms with Gasteiger partial charge in [-0.2, -0.15) is 0 Å². The Morgan fingerprint density at radius 2 is 2.00 bits per heavy atom. The van der Waals surface area contributed by atoms with E-state index < -0.39 is 28.2 Å². The highest BCUT2D eigenvalue weighted by Crippen LogP contribution is 2.31. The van der Waals surface area contributed by atoms with Crippen LogP contribution in [0, 0.1) is 17.0 Å². The number of carbonyl (C=O) groups is 1. The molecule has 7 nitrogen and oxygen atoms in total. The molecule has 0 aliphatic heterocycles. The summed E-state index contributed by atoms with van der Waals surface area (Å²) in [4.78, 5) is 21.9. The highest BCUT2D eigenvalue weighted by molar-refractivity contribution is 5.77. The number of nitro groups is 1. The van der Waals surface area contributed by atoms with Crippen molar-refractivity contribution in [1.29, 1.82) is 0 Å². The molecule has 0 aliphatic carbocycles. The van der Waals surface area contributed by atoms with Gasteiger partial charge >= 0.3 is 11.7 Å². The summed E-state index contributed by atoms with van der Waals surface area (Å²) in [6, 6.07) is 8.98. The minimum atomic E-state index is -1.03. The molecule has 2 aromatic rings. The summed E-state index contributed by atoms with van der Waals surface area (Å²) in [5, 5.41) is 30.0. The Morgan fingerprint density at radius 3 is 2.54 bits per heavy atom. The van der Waals surface area contributed by atoms with Crippen LogP contribution in [-0.4, -0.2) is 28.2 Å².